The summed E-state index contributed by atoms with van der Waals surface area (Å²) in [7, 11) is 0. The van der Waals surface area contributed by atoms with Crippen molar-refractivity contribution in [3.63, 3.8) is 0 Å². The van der Waals surface area contributed by atoms with Gasteiger partial charge < -0.3 is 30.4 Å². The van der Waals surface area contributed by atoms with Crippen molar-refractivity contribution in [2.24, 2.45) is 0 Å². The first-order valence-corrected chi connectivity index (χ1v) is 12.1. The molecule has 0 radical (unpaired) electrons. The van der Waals surface area contributed by atoms with Gasteiger partial charge in [-0.2, -0.15) is 0 Å². The molecule has 1 aliphatic heterocycles. The van der Waals surface area contributed by atoms with Gasteiger partial charge in [0.15, 0.2) is 0 Å². The fraction of sp³-hybridized carbons (Fsp3) is 0.538. The predicted molar refractivity (Wildman–Crippen MR) is 136 cm³/mol. The fourth-order valence-electron chi connectivity index (χ4n) is 3.86. The molecule has 1 heterocycles. The Morgan fingerprint density at radius 1 is 0.529 bits per heavy atom. The molecule has 2 aromatic carbocycles. The number of rotatable bonds is 4. The summed E-state index contributed by atoms with van der Waals surface area (Å²) >= 11 is 0. The molecule has 0 amide bonds. The minimum Gasteiger partial charge on any atom is -0.399 e. The summed E-state index contributed by atoms with van der Waals surface area (Å²) in [6, 6.07) is 16.0. The maximum absolute atomic E-state index is 5.94. The van der Waals surface area contributed by atoms with E-state index in [-0.39, 0.29) is 0 Å². The zero-order chi connectivity index (χ0) is 23.8. The number of nitrogen functional groups attached to an aromatic ring is 2. The van der Waals surface area contributed by atoms with Gasteiger partial charge in [0.2, 0.25) is 0 Å². The van der Waals surface area contributed by atoms with Crippen molar-refractivity contribution in [2.45, 2.75) is 13.1 Å². The highest BCUT2D eigenvalue weighted by molar-refractivity contribution is 5.41. The number of anilines is 2. The van der Waals surface area contributed by atoms with E-state index < -0.39 is 0 Å². The first kappa shape index (κ1) is 26.4. The maximum Gasteiger partial charge on any atom is 0.0701 e. The molecule has 0 bridgehead atoms. The van der Waals surface area contributed by atoms with Crippen LogP contribution in [-0.4, -0.2) is 88.8 Å². The van der Waals surface area contributed by atoms with Gasteiger partial charge in [0.05, 0.1) is 52.9 Å². The molecular weight excluding hydrogens is 432 g/mol. The van der Waals surface area contributed by atoms with Crippen LogP contribution in [0.2, 0.25) is 0 Å². The van der Waals surface area contributed by atoms with Gasteiger partial charge in [-0.15, -0.1) is 0 Å². The Bertz CT molecular complexity index is 735. The molecule has 0 spiro atoms. The second-order valence-corrected chi connectivity index (χ2v) is 8.49. The second kappa shape index (κ2) is 15.7. The SMILES string of the molecule is Nc1cccc(CN2CCOCCOCCN(Cc3cccc(N)c3)CCOCCOCC2)c1. The zero-order valence-electron chi connectivity index (χ0n) is 20.2. The normalized spacial score (nSPS) is 19.3. The Kier molecular flexibility index (Phi) is 12.2. The summed E-state index contributed by atoms with van der Waals surface area (Å²) in [4.78, 5) is 4.65. The molecule has 1 saturated heterocycles. The van der Waals surface area contributed by atoms with Gasteiger partial charge in [-0.1, -0.05) is 24.3 Å². The topological polar surface area (TPSA) is 95.4 Å². The van der Waals surface area contributed by atoms with Crippen molar-refractivity contribution in [2.75, 3.05) is 90.5 Å². The minimum atomic E-state index is 0.584. The summed E-state index contributed by atoms with van der Waals surface area (Å²) < 4.78 is 23.3. The van der Waals surface area contributed by atoms with Crippen molar-refractivity contribution in [1.29, 1.82) is 0 Å². The van der Waals surface area contributed by atoms with Gasteiger partial charge in [-0.25, -0.2) is 0 Å². The quantitative estimate of drug-likeness (QED) is 0.654. The average molecular weight is 473 g/mol. The predicted octanol–water partition coefficient (Wildman–Crippen LogP) is 2.24. The minimum absolute atomic E-state index is 0.584. The van der Waals surface area contributed by atoms with Crippen LogP contribution in [0.3, 0.4) is 0 Å². The molecule has 0 atom stereocenters. The van der Waals surface area contributed by atoms with E-state index in [1.165, 1.54) is 11.1 Å². The van der Waals surface area contributed by atoms with Crippen LogP contribution in [0.15, 0.2) is 48.5 Å². The van der Waals surface area contributed by atoms with Crippen LogP contribution in [0.25, 0.3) is 0 Å². The number of hydrogen-bond acceptors (Lipinski definition) is 8. The molecule has 188 valence electrons. The summed E-state index contributed by atoms with van der Waals surface area (Å²) in [6.07, 6.45) is 0. The summed E-state index contributed by atoms with van der Waals surface area (Å²) in [6.45, 7) is 9.85. The van der Waals surface area contributed by atoms with Crippen LogP contribution in [0.4, 0.5) is 11.4 Å². The molecule has 0 saturated carbocycles. The van der Waals surface area contributed by atoms with E-state index in [1.807, 2.05) is 36.4 Å². The maximum atomic E-state index is 5.94. The second-order valence-electron chi connectivity index (χ2n) is 8.49. The first-order chi connectivity index (χ1) is 16.7. The molecule has 8 heteroatoms. The first-order valence-electron chi connectivity index (χ1n) is 12.1. The average Bonchev–Trinajstić information content (AvgIpc) is 2.81. The largest absolute Gasteiger partial charge is 0.399 e. The van der Waals surface area contributed by atoms with E-state index in [0.717, 1.165) is 50.6 Å². The van der Waals surface area contributed by atoms with Gasteiger partial charge in [0.1, 0.15) is 0 Å². The molecule has 3 rings (SSSR count). The molecular formula is C26H40N4O4. The van der Waals surface area contributed by atoms with Crippen LogP contribution < -0.4 is 11.5 Å². The Morgan fingerprint density at radius 2 is 0.882 bits per heavy atom. The van der Waals surface area contributed by atoms with Crippen LogP contribution in [-0.2, 0) is 32.0 Å². The number of ether oxygens (including phenoxy) is 4. The van der Waals surface area contributed by atoms with Gasteiger partial charge >= 0.3 is 0 Å². The molecule has 8 nitrogen and oxygen atoms in total. The fourth-order valence-corrected chi connectivity index (χ4v) is 3.86. The van der Waals surface area contributed by atoms with Crippen molar-refractivity contribution in [3.05, 3.63) is 59.7 Å². The lowest BCUT2D eigenvalue weighted by molar-refractivity contribution is 0.00624. The van der Waals surface area contributed by atoms with E-state index in [4.69, 9.17) is 30.4 Å². The van der Waals surface area contributed by atoms with Gasteiger partial charge in [-0.3, -0.25) is 9.80 Å². The van der Waals surface area contributed by atoms with E-state index in [2.05, 4.69) is 21.9 Å². The number of nitrogens with two attached hydrogens (primary N) is 2. The van der Waals surface area contributed by atoms with E-state index in [9.17, 15) is 0 Å². The Labute approximate surface area is 203 Å². The highest BCUT2D eigenvalue weighted by Crippen LogP contribution is 2.11. The van der Waals surface area contributed by atoms with Crippen molar-refractivity contribution < 1.29 is 18.9 Å². The highest BCUT2D eigenvalue weighted by Gasteiger charge is 2.09. The van der Waals surface area contributed by atoms with E-state index in [1.54, 1.807) is 0 Å². The van der Waals surface area contributed by atoms with Crippen LogP contribution >= 0.6 is 0 Å². The standard InChI is InChI=1S/C26H40N4O4/c27-25-5-1-3-23(19-25)21-29-7-11-31-15-17-33-13-9-30(10-14-34-18-16-32-12-8-29)22-24-4-2-6-26(28)20-24/h1-6,19-20H,7-18,21-22,27-28H2. The third-order valence-electron chi connectivity index (χ3n) is 5.67. The van der Waals surface area contributed by atoms with Gasteiger partial charge in [0.25, 0.3) is 0 Å². The molecule has 0 aromatic heterocycles. The van der Waals surface area contributed by atoms with E-state index in [0.29, 0.717) is 52.9 Å². The van der Waals surface area contributed by atoms with Gasteiger partial charge in [0, 0.05) is 50.6 Å². The van der Waals surface area contributed by atoms with Crippen LogP contribution in [0, 0.1) is 0 Å². The zero-order valence-corrected chi connectivity index (χ0v) is 20.2. The lowest BCUT2D eigenvalue weighted by Gasteiger charge is -2.24. The molecule has 34 heavy (non-hydrogen) atoms. The Hall–Kier alpha value is -2.20. The number of benzene rings is 2. The van der Waals surface area contributed by atoms with Crippen molar-refractivity contribution in [3.8, 4) is 0 Å². The highest BCUT2D eigenvalue weighted by atomic mass is 16.5. The lowest BCUT2D eigenvalue weighted by atomic mass is 10.2. The summed E-state index contributed by atoms with van der Waals surface area (Å²) in [5, 5.41) is 0. The molecule has 0 aliphatic carbocycles. The van der Waals surface area contributed by atoms with E-state index >= 15 is 0 Å². The number of nitrogens with zero attached hydrogens (tertiary/aromatic N) is 2. The molecule has 1 fully saturated rings. The van der Waals surface area contributed by atoms with Crippen LogP contribution in [0.5, 0.6) is 0 Å². The summed E-state index contributed by atoms with van der Waals surface area (Å²) in [5.74, 6) is 0. The third kappa shape index (κ3) is 10.8. The monoisotopic (exact) mass is 472 g/mol. The van der Waals surface area contributed by atoms with Gasteiger partial charge in [-0.05, 0) is 35.4 Å². The van der Waals surface area contributed by atoms with Crippen LogP contribution in [0.1, 0.15) is 11.1 Å². The molecule has 0 unspecified atom stereocenters. The third-order valence-corrected chi connectivity index (χ3v) is 5.67. The Morgan fingerprint density at radius 3 is 1.21 bits per heavy atom. The molecule has 2 aromatic rings. The Balaban J connectivity index is 1.45. The smallest absolute Gasteiger partial charge is 0.0701 e. The number of hydrogen-bond donors (Lipinski definition) is 2. The lowest BCUT2D eigenvalue weighted by Crippen LogP contribution is -2.32. The molecule has 1 aliphatic rings. The van der Waals surface area contributed by atoms with Crippen molar-refractivity contribution >= 4 is 11.4 Å². The van der Waals surface area contributed by atoms with Crippen molar-refractivity contribution in [1.82, 2.24) is 9.80 Å². The summed E-state index contributed by atoms with van der Waals surface area (Å²) in [5.41, 5.74) is 15.8. The molecule has 4 N–H and O–H groups in total.